The Morgan fingerprint density at radius 3 is 2.38 bits per heavy atom. The van der Waals surface area contributed by atoms with Crippen LogP contribution in [0.2, 0.25) is 0 Å². The molecule has 16 heavy (non-hydrogen) atoms. The summed E-state index contributed by atoms with van der Waals surface area (Å²) in [5, 5.41) is 0. The molecule has 1 rings (SSSR count). The van der Waals surface area contributed by atoms with Gasteiger partial charge in [0.2, 0.25) is 0 Å². The molecule has 1 fully saturated rings. The molecule has 0 aliphatic carbocycles. The Bertz CT molecular complexity index is 228. The van der Waals surface area contributed by atoms with E-state index < -0.39 is 10.2 Å². The van der Waals surface area contributed by atoms with Gasteiger partial charge >= 0.3 is 0 Å². The molecular weight excluding hydrogens is 265 g/mol. The summed E-state index contributed by atoms with van der Waals surface area (Å²) in [7, 11) is 0. The van der Waals surface area contributed by atoms with Crippen LogP contribution in [0.3, 0.4) is 0 Å². The molecule has 1 saturated heterocycles. The van der Waals surface area contributed by atoms with E-state index in [1.54, 1.807) is 0 Å². The summed E-state index contributed by atoms with van der Waals surface area (Å²) in [6.07, 6.45) is 7.48. The Kier molecular flexibility index (Phi) is 7.13. The number of Topliss-reactive ketones (excluding diaryl/α,β-unsaturated/α-hetero) is 1. The van der Waals surface area contributed by atoms with E-state index in [9.17, 15) is 4.79 Å². The first kappa shape index (κ1) is 14.6. The van der Waals surface area contributed by atoms with Gasteiger partial charge < -0.3 is 0 Å². The largest absolute Gasteiger partial charge is 0.294 e. The number of nitrogens with zero attached hydrogens (tertiary/aromatic N) is 1. The zero-order valence-electron chi connectivity index (χ0n) is 9.62. The van der Waals surface area contributed by atoms with Crippen molar-refractivity contribution in [2.45, 2.75) is 55.7 Å². The van der Waals surface area contributed by atoms with Gasteiger partial charge in [-0.15, -0.1) is 11.6 Å². The maximum atomic E-state index is 11.4. The first-order chi connectivity index (χ1) is 7.66. The van der Waals surface area contributed by atoms with Crippen molar-refractivity contribution in [3.63, 3.8) is 0 Å². The van der Waals surface area contributed by atoms with Crippen molar-refractivity contribution in [2.75, 3.05) is 6.54 Å². The monoisotopic (exact) mass is 283 g/mol. The third-order valence-corrected chi connectivity index (χ3v) is 4.77. The third kappa shape index (κ3) is 4.44. The van der Waals surface area contributed by atoms with Crippen molar-refractivity contribution < 1.29 is 4.79 Å². The normalized spacial score (nSPS) is 26.6. The second-order valence-corrected chi connectivity index (χ2v) is 6.33. The molecule has 2 unspecified atom stereocenters. The minimum Gasteiger partial charge on any atom is -0.294 e. The Hall–Kier alpha value is 0.560. The molecule has 0 saturated carbocycles. The van der Waals surface area contributed by atoms with Crippen molar-refractivity contribution >= 4 is 40.9 Å². The molecule has 1 aliphatic heterocycles. The van der Waals surface area contributed by atoms with Gasteiger partial charge in [-0.1, -0.05) is 50.6 Å². The fourth-order valence-electron chi connectivity index (χ4n) is 1.69. The molecule has 1 aliphatic rings. The number of alkyl halides is 2. The van der Waals surface area contributed by atoms with Gasteiger partial charge in [0, 0.05) is 6.54 Å². The van der Waals surface area contributed by atoms with Gasteiger partial charge in [-0.3, -0.25) is 4.79 Å². The molecule has 1 heterocycles. The fraction of sp³-hybridized carbons (Fsp3) is 0.909. The van der Waals surface area contributed by atoms with Gasteiger partial charge in [-0.05, 0) is 18.4 Å². The summed E-state index contributed by atoms with van der Waals surface area (Å²) < 4.78 is 1.42. The molecule has 0 N–H and O–H groups in total. The van der Waals surface area contributed by atoms with Gasteiger partial charge in [0.25, 0.3) is 0 Å². The fourth-order valence-corrected chi connectivity index (χ4v) is 3.53. The lowest BCUT2D eigenvalue weighted by Crippen LogP contribution is -2.25. The second kappa shape index (κ2) is 7.80. The maximum Gasteiger partial charge on any atom is 0.195 e. The predicted molar refractivity (Wildman–Crippen MR) is 72.0 cm³/mol. The summed E-state index contributed by atoms with van der Waals surface area (Å²) in [5.74, 6) is -0.0701. The van der Waals surface area contributed by atoms with Crippen molar-refractivity contribution in [2.24, 2.45) is 0 Å². The number of carbonyl (C=O) groups is 1. The van der Waals surface area contributed by atoms with Gasteiger partial charge in [-0.25, -0.2) is 4.31 Å². The first-order valence-corrected chi connectivity index (χ1v) is 7.63. The number of hydrogen-bond donors (Lipinski definition) is 0. The SMILES string of the molecule is CCCCCCCCN1SC(Cl)C(=O)C1Cl. The summed E-state index contributed by atoms with van der Waals surface area (Å²) in [5.41, 5.74) is -0.525. The van der Waals surface area contributed by atoms with Crippen molar-refractivity contribution in [3.8, 4) is 0 Å². The Morgan fingerprint density at radius 2 is 1.81 bits per heavy atom. The van der Waals surface area contributed by atoms with E-state index >= 15 is 0 Å². The van der Waals surface area contributed by atoms with Crippen LogP contribution in [0.15, 0.2) is 0 Å². The highest BCUT2D eigenvalue weighted by atomic mass is 35.5. The van der Waals surface area contributed by atoms with Crippen LogP contribution in [-0.4, -0.2) is 26.8 Å². The highest BCUT2D eigenvalue weighted by Gasteiger charge is 2.38. The molecule has 2 atom stereocenters. The average molecular weight is 284 g/mol. The van der Waals surface area contributed by atoms with Gasteiger partial charge in [0.15, 0.2) is 16.0 Å². The molecule has 0 aromatic carbocycles. The number of ketones is 1. The lowest BCUT2D eigenvalue weighted by molar-refractivity contribution is -0.117. The van der Waals surface area contributed by atoms with Crippen LogP contribution >= 0.6 is 35.1 Å². The van der Waals surface area contributed by atoms with Gasteiger partial charge in [-0.2, -0.15) is 0 Å². The molecule has 0 aromatic rings. The van der Waals surface area contributed by atoms with Crippen molar-refractivity contribution in [1.29, 1.82) is 0 Å². The number of halogens is 2. The number of unbranched alkanes of at least 4 members (excludes halogenated alkanes) is 5. The predicted octanol–water partition coefficient (Wildman–Crippen LogP) is 4.01. The van der Waals surface area contributed by atoms with Crippen LogP contribution < -0.4 is 0 Å². The van der Waals surface area contributed by atoms with Gasteiger partial charge in [0.05, 0.1) is 0 Å². The topological polar surface area (TPSA) is 20.3 Å². The standard InChI is InChI=1S/C11H19Cl2NOS/c1-2-3-4-5-6-7-8-14-10(12)9(15)11(13)16-14/h10-11H,2-8H2,1H3. The number of rotatable bonds is 7. The van der Waals surface area contributed by atoms with Crippen LogP contribution in [0.25, 0.3) is 0 Å². The molecule has 2 nitrogen and oxygen atoms in total. The Labute approximate surface area is 112 Å². The maximum absolute atomic E-state index is 11.4. The lowest BCUT2D eigenvalue weighted by Gasteiger charge is -2.15. The number of carbonyl (C=O) groups excluding carboxylic acids is 1. The minimum atomic E-state index is -0.525. The van der Waals surface area contributed by atoms with E-state index in [4.69, 9.17) is 23.2 Å². The molecule has 0 aromatic heterocycles. The Balaban J connectivity index is 2.07. The molecule has 94 valence electrons. The number of hydrogen-bond acceptors (Lipinski definition) is 3. The quantitative estimate of drug-likeness (QED) is 0.305. The zero-order chi connectivity index (χ0) is 12.0. The minimum absolute atomic E-state index is 0.0701. The molecule has 0 bridgehead atoms. The zero-order valence-corrected chi connectivity index (χ0v) is 12.0. The third-order valence-electron chi connectivity index (χ3n) is 2.67. The van der Waals surface area contributed by atoms with Crippen molar-refractivity contribution in [1.82, 2.24) is 4.31 Å². The van der Waals surface area contributed by atoms with Crippen LogP contribution in [0, 0.1) is 0 Å². The first-order valence-electron chi connectivity index (χ1n) is 5.92. The van der Waals surface area contributed by atoms with Crippen LogP contribution in [0.4, 0.5) is 0 Å². The van der Waals surface area contributed by atoms with Crippen LogP contribution in [0.1, 0.15) is 45.4 Å². The van der Waals surface area contributed by atoms with E-state index in [0.717, 1.165) is 13.0 Å². The van der Waals surface area contributed by atoms with E-state index in [-0.39, 0.29) is 5.78 Å². The second-order valence-electron chi connectivity index (χ2n) is 4.07. The average Bonchev–Trinajstić information content (AvgIpc) is 2.51. The summed E-state index contributed by atoms with van der Waals surface area (Å²) in [4.78, 5) is 11.4. The van der Waals surface area contributed by atoms with E-state index in [1.807, 2.05) is 4.31 Å². The van der Waals surface area contributed by atoms with E-state index in [2.05, 4.69) is 6.92 Å². The Morgan fingerprint density at radius 1 is 1.19 bits per heavy atom. The van der Waals surface area contributed by atoms with Gasteiger partial charge in [0.1, 0.15) is 0 Å². The molecular formula is C11H19Cl2NOS. The van der Waals surface area contributed by atoms with Crippen LogP contribution in [-0.2, 0) is 4.79 Å². The van der Waals surface area contributed by atoms with E-state index in [0.29, 0.717) is 0 Å². The molecule has 0 radical (unpaired) electrons. The van der Waals surface area contributed by atoms with E-state index in [1.165, 1.54) is 44.1 Å². The molecule has 0 amide bonds. The van der Waals surface area contributed by atoms with Crippen molar-refractivity contribution in [3.05, 3.63) is 0 Å². The summed E-state index contributed by atoms with van der Waals surface area (Å²) in [6, 6.07) is 0. The summed E-state index contributed by atoms with van der Waals surface area (Å²) in [6.45, 7) is 3.07. The lowest BCUT2D eigenvalue weighted by atomic mass is 10.1. The highest BCUT2D eigenvalue weighted by Crippen LogP contribution is 2.35. The smallest absolute Gasteiger partial charge is 0.195 e. The molecule has 5 heteroatoms. The summed E-state index contributed by atoms with van der Waals surface area (Å²) >= 11 is 13.1. The highest BCUT2D eigenvalue weighted by molar-refractivity contribution is 8.00. The van der Waals surface area contributed by atoms with Crippen LogP contribution in [0.5, 0.6) is 0 Å². The molecule has 0 spiro atoms.